The molecule has 4 rings (SSSR count). The van der Waals surface area contributed by atoms with Gasteiger partial charge in [-0.1, -0.05) is 24.2 Å². The lowest BCUT2D eigenvalue weighted by Gasteiger charge is -2.31. The number of carbonyl (C=O) groups excluding carboxylic acids is 1. The highest BCUT2D eigenvalue weighted by molar-refractivity contribution is 5.91. The molecule has 0 N–H and O–H groups in total. The van der Waals surface area contributed by atoms with Gasteiger partial charge < -0.3 is 14.2 Å². The fraction of sp³-hybridized carbons (Fsp3) is 0.565. The van der Waals surface area contributed by atoms with Gasteiger partial charge in [0.25, 0.3) is 5.91 Å². The van der Waals surface area contributed by atoms with Crippen molar-refractivity contribution in [1.29, 1.82) is 0 Å². The predicted octanol–water partition coefficient (Wildman–Crippen LogP) is 3.93. The van der Waals surface area contributed by atoms with Crippen LogP contribution in [0.4, 0.5) is 0 Å². The van der Waals surface area contributed by atoms with Gasteiger partial charge in [0.15, 0.2) is 0 Å². The van der Waals surface area contributed by atoms with Crippen LogP contribution in [0.25, 0.3) is 0 Å². The lowest BCUT2D eigenvalue weighted by atomic mass is 9.94. The standard InChI is InChI=1S/C23H31N3O3/c1-17-9-12-26(13-10-17)23(27)22-14-21(24-29-22)19-4-3-11-25(16-19)15-18-5-7-20(28-2)8-6-18/h5-8,14,17,19H,3-4,9-13,15-16H2,1-2H3/t19-/m1/s1. The largest absolute Gasteiger partial charge is 0.497 e. The molecule has 6 heteroatoms. The maximum absolute atomic E-state index is 12.7. The molecular formula is C23H31N3O3. The first kappa shape index (κ1) is 20.0. The van der Waals surface area contributed by atoms with Gasteiger partial charge in [0.2, 0.25) is 5.76 Å². The van der Waals surface area contributed by atoms with Crippen LogP contribution in [0.2, 0.25) is 0 Å². The Morgan fingerprint density at radius 3 is 2.66 bits per heavy atom. The molecule has 1 atom stereocenters. The molecule has 0 unspecified atom stereocenters. The smallest absolute Gasteiger partial charge is 0.292 e. The first-order valence-corrected chi connectivity index (χ1v) is 10.7. The zero-order valence-corrected chi connectivity index (χ0v) is 17.5. The van der Waals surface area contributed by atoms with E-state index in [-0.39, 0.29) is 5.91 Å². The zero-order chi connectivity index (χ0) is 20.2. The molecule has 1 aromatic heterocycles. The fourth-order valence-corrected chi connectivity index (χ4v) is 4.38. The van der Waals surface area contributed by atoms with Crippen LogP contribution in [-0.4, -0.2) is 54.2 Å². The summed E-state index contributed by atoms with van der Waals surface area (Å²) in [5.41, 5.74) is 2.19. The van der Waals surface area contributed by atoms with Gasteiger partial charge in [0, 0.05) is 38.2 Å². The molecule has 2 aromatic rings. The molecule has 0 radical (unpaired) electrons. The van der Waals surface area contributed by atoms with Crippen molar-refractivity contribution in [1.82, 2.24) is 15.0 Å². The first-order valence-electron chi connectivity index (χ1n) is 10.7. The van der Waals surface area contributed by atoms with Crippen LogP contribution in [0.5, 0.6) is 5.75 Å². The third kappa shape index (κ3) is 4.81. The highest BCUT2D eigenvalue weighted by Crippen LogP contribution is 2.28. The summed E-state index contributed by atoms with van der Waals surface area (Å²) in [7, 11) is 1.69. The third-order valence-electron chi connectivity index (χ3n) is 6.30. The maximum atomic E-state index is 12.7. The van der Waals surface area contributed by atoms with E-state index in [0.717, 1.165) is 69.9 Å². The Morgan fingerprint density at radius 2 is 1.93 bits per heavy atom. The Balaban J connectivity index is 1.36. The van der Waals surface area contributed by atoms with E-state index in [4.69, 9.17) is 9.26 Å². The number of benzene rings is 1. The van der Waals surface area contributed by atoms with Crippen molar-refractivity contribution in [2.45, 2.75) is 45.1 Å². The average Bonchev–Trinajstić information content (AvgIpc) is 3.25. The van der Waals surface area contributed by atoms with Crippen LogP contribution in [0.1, 0.15) is 60.3 Å². The summed E-state index contributed by atoms with van der Waals surface area (Å²) in [5.74, 6) is 2.27. The van der Waals surface area contributed by atoms with Crippen molar-refractivity contribution >= 4 is 5.91 Å². The summed E-state index contributed by atoms with van der Waals surface area (Å²) in [6.45, 7) is 6.81. The number of likely N-dealkylation sites (tertiary alicyclic amines) is 2. The van der Waals surface area contributed by atoms with Crippen LogP contribution >= 0.6 is 0 Å². The highest BCUT2D eigenvalue weighted by atomic mass is 16.5. The minimum atomic E-state index is -0.0125. The number of aromatic nitrogens is 1. The minimum Gasteiger partial charge on any atom is -0.497 e. The molecule has 29 heavy (non-hydrogen) atoms. The Labute approximate surface area is 172 Å². The lowest BCUT2D eigenvalue weighted by molar-refractivity contribution is 0.0655. The van der Waals surface area contributed by atoms with Crippen LogP contribution in [0.3, 0.4) is 0 Å². The molecule has 0 spiro atoms. The monoisotopic (exact) mass is 397 g/mol. The van der Waals surface area contributed by atoms with E-state index in [1.165, 1.54) is 5.56 Å². The molecular weight excluding hydrogens is 366 g/mol. The average molecular weight is 398 g/mol. The second kappa shape index (κ2) is 8.99. The highest BCUT2D eigenvalue weighted by Gasteiger charge is 2.28. The minimum absolute atomic E-state index is 0.0125. The molecule has 2 aliphatic rings. The summed E-state index contributed by atoms with van der Waals surface area (Å²) in [4.78, 5) is 17.1. The van der Waals surface area contributed by atoms with E-state index in [9.17, 15) is 4.79 Å². The summed E-state index contributed by atoms with van der Waals surface area (Å²) in [6, 6.07) is 10.1. The predicted molar refractivity (Wildman–Crippen MR) is 111 cm³/mol. The number of nitrogens with zero attached hydrogens (tertiary/aromatic N) is 3. The number of ether oxygens (including phenoxy) is 1. The van der Waals surface area contributed by atoms with Gasteiger partial charge in [-0.3, -0.25) is 9.69 Å². The van der Waals surface area contributed by atoms with Crippen LogP contribution in [0.15, 0.2) is 34.9 Å². The molecule has 2 saturated heterocycles. The van der Waals surface area contributed by atoms with Crippen LogP contribution < -0.4 is 4.74 Å². The van der Waals surface area contributed by atoms with Crippen molar-refractivity contribution in [3.05, 3.63) is 47.3 Å². The number of amides is 1. The third-order valence-corrected chi connectivity index (χ3v) is 6.30. The number of piperidine rings is 2. The molecule has 2 aliphatic heterocycles. The number of hydrogen-bond acceptors (Lipinski definition) is 5. The Hall–Kier alpha value is -2.34. The van der Waals surface area contributed by atoms with Crippen LogP contribution in [-0.2, 0) is 6.54 Å². The van der Waals surface area contributed by atoms with Crippen molar-refractivity contribution in [3.8, 4) is 5.75 Å². The van der Waals surface area contributed by atoms with Crippen molar-refractivity contribution in [2.24, 2.45) is 5.92 Å². The summed E-state index contributed by atoms with van der Waals surface area (Å²) >= 11 is 0. The summed E-state index contributed by atoms with van der Waals surface area (Å²) in [6.07, 6.45) is 4.34. The molecule has 0 saturated carbocycles. The Kier molecular flexibility index (Phi) is 6.19. The second-order valence-electron chi connectivity index (χ2n) is 8.51. The van der Waals surface area contributed by atoms with Gasteiger partial charge in [-0.05, 0) is 55.8 Å². The van der Waals surface area contributed by atoms with E-state index in [2.05, 4.69) is 29.1 Å². The van der Waals surface area contributed by atoms with Gasteiger partial charge in [0.1, 0.15) is 5.75 Å². The lowest BCUT2D eigenvalue weighted by Crippen LogP contribution is -2.37. The topological polar surface area (TPSA) is 58.8 Å². The van der Waals surface area contributed by atoms with Gasteiger partial charge in [-0.25, -0.2) is 0 Å². The van der Waals surface area contributed by atoms with Crippen molar-refractivity contribution in [3.63, 3.8) is 0 Å². The Morgan fingerprint density at radius 1 is 1.17 bits per heavy atom. The van der Waals surface area contributed by atoms with E-state index in [0.29, 0.717) is 17.6 Å². The number of methoxy groups -OCH3 is 1. The van der Waals surface area contributed by atoms with Crippen molar-refractivity contribution < 1.29 is 14.1 Å². The van der Waals surface area contributed by atoms with Gasteiger partial charge in [0.05, 0.1) is 12.8 Å². The first-order chi connectivity index (χ1) is 14.1. The zero-order valence-electron chi connectivity index (χ0n) is 17.5. The number of rotatable bonds is 5. The fourth-order valence-electron chi connectivity index (χ4n) is 4.38. The maximum Gasteiger partial charge on any atom is 0.292 e. The molecule has 1 aromatic carbocycles. The summed E-state index contributed by atoms with van der Waals surface area (Å²) in [5, 5.41) is 4.27. The molecule has 0 bridgehead atoms. The van der Waals surface area contributed by atoms with E-state index >= 15 is 0 Å². The molecule has 2 fully saturated rings. The normalized spacial score (nSPS) is 21.3. The molecule has 6 nitrogen and oxygen atoms in total. The van der Waals surface area contributed by atoms with Crippen molar-refractivity contribution in [2.75, 3.05) is 33.3 Å². The SMILES string of the molecule is COc1ccc(CN2CCC[C@@H](c3cc(C(=O)N4CCC(C)CC4)on3)C2)cc1. The molecule has 156 valence electrons. The summed E-state index contributed by atoms with van der Waals surface area (Å²) < 4.78 is 10.7. The van der Waals surface area contributed by atoms with Gasteiger partial charge in [-0.2, -0.15) is 0 Å². The second-order valence-corrected chi connectivity index (χ2v) is 8.51. The van der Waals surface area contributed by atoms with Crippen LogP contribution in [0, 0.1) is 5.92 Å². The number of hydrogen-bond donors (Lipinski definition) is 0. The molecule has 3 heterocycles. The number of carbonyl (C=O) groups is 1. The van der Waals surface area contributed by atoms with E-state index < -0.39 is 0 Å². The van der Waals surface area contributed by atoms with E-state index in [1.54, 1.807) is 7.11 Å². The molecule has 1 amide bonds. The van der Waals surface area contributed by atoms with Gasteiger partial charge in [-0.15, -0.1) is 0 Å². The van der Waals surface area contributed by atoms with Gasteiger partial charge >= 0.3 is 0 Å². The molecule has 0 aliphatic carbocycles. The quantitative estimate of drug-likeness (QED) is 0.765. The van der Waals surface area contributed by atoms with E-state index in [1.807, 2.05) is 23.1 Å². The Bertz CT molecular complexity index is 809.